The lowest BCUT2D eigenvalue weighted by Crippen LogP contribution is -2.43. The number of carboxylic acids is 1. The Bertz CT molecular complexity index is 604. The molecule has 1 atom stereocenters. The fraction of sp³-hybridized carbons (Fsp3) is 0.421. The molecule has 0 saturated carbocycles. The van der Waals surface area contributed by atoms with Crippen LogP contribution < -0.4 is 10.1 Å². The van der Waals surface area contributed by atoms with Crippen molar-refractivity contribution < 1.29 is 14.6 Å². The van der Waals surface area contributed by atoms with E-state index in [1.807, 2.05) is 30.3 Å². The number of likely N-dealkylation sites (tertiary alicyclic amines) is 1. The normalized spacial score (nSPS) is 21.4. The first-order valence-electron chi connectivity index (χ1n) is 8.51. The Hall–Kier alpha value is -2.27. The van der Waals surface area contributed by atoms with Crippen LogP contribution in [0.5, 0.6) is 5.75 Å². The molecule has 1 heterocycles. The van der Waals surface area contributed by atoms with Crippen molar-refractivity contribution in [1.29, 1.82) is 0 Å². The number of piperidine rings is 1. The Labute approximate surface area is 142 Å². The molecule has 0 bridgehead atoms. The zero-order valence-electron chi connectivity index (χ0n) is 13.7. The maximum atomic E-state index is 10.6. The lowest BCUT2D eigenvalue weighted by molar-refractivity contribution is -0.136. The molecule has 1 saturated heterocycles. The predicted molar refractivity (Wildman–Crippen MR) is 92.9 cm³/mol. The highest BCUT2D eigenvalue weighted by Crippen LogP contribution is 2.22. The largest absolute Gasteiger partial charge is 0.486 e. The van der Waals surface area contributed by atoms with Crippen LogP contribution in [-0.4, -0.2) is 47.8 Å². The van der Waals surface area contributed by atoms with Crippen molar-refractivity contribution in [3.8, 4) is 5.75 Å². The molecule has 0 radical (unpaired) electrons. The third kappa shape index (κ3) is 4.61. The van der Waals surface area contributed by atoms with Gasteiger partial charge in [-0.2, -0.15) is 0 Å². The van der Waals surface area contributed by atoms with E-state index in [1.165, 1.54) is 5.70 Å². The van der Waals surface area contributed by atoms with E-state index >= 15 is 0 Å². The molecule has 1 aliphatic carbocycles. The van der Waals surface area contributed by atoms with Crippen molar-refractivity contribution in [2.24, 2.45) is 0 Å². The van der Waals surface area contributed by atoms with Gasteiger partial charge in [0.05, 0.1) is 6.54 Å². The summed E-state index contributed by atoms with van der Waals surface area (Å²) in [6.07, 6.45) is 9.41. The van der Waals surface area contributed by atoms with Crippen molar-refractivity contribution in [2.45, 2.75) is 31.4 Å². The summed E-state index contributed by atoms with van der Waals surface area (Å²) in [4.78, 5) is 13.0. The fourth-order valence-corrected chi connectivity index (χ4v) is 3.16. The molecule has 24 heavy (non-hydrogen) atoms. The van der Waals surface area contributed by atoms with Crippen LogP contribution >= 0.6 is 0 Å². The number of carbonyl (C=O) groups is 1. The highest BCUT2D eigenvalue weighted by molar-refractivity contribution is 5.69. The van der Waals surface area contributed by atoms with E-state index in [-0.39, 0.29) is 12.6 Å². The molecule has 3 rings (SSSR count). The van der Waals surface area contributed by atoms with E-state index in [0.717, 1.165) is 38.1 Å². The summed E-state index contributed by atoms with van der Waals surface area (Å²) in [7, 11) is 0. The lowest BCUT2D eigenvalue weighted by atomic mass is 10.0. The first-order chi connectivity index (χ1) is 11.7. The van der Waals surface area contributed by atoms with E-state index in [4.69, 9.17) is 9.84 Å². The van der Waals surface area contributed by atoms with Crippen molar-refractivity contribution in [3.05, 3.63) is 54.3 Å². The standard InChI is InChI=1S/C19H24N2O3/c22-19(23)14-20-15-10-12-21(13-11-15)16-6-8-18(9-7-16)24-17-4-2-1-3-5-17/h1-8,15,18,20H,9-14H2,(H,22,23). The number of ether oxygens (including phenoxy) is 1. The van der Waals surface area contributed by atoms with Gasteiger partial charge in [0, 0.05) is 31.2 Å². The van der Waals surface area contributed by atoms with E-state index in [2.05, 4.69) is 28.4 Å². The quantitative estimate of drug-likeness (QED) is 0.840. The third-order valence-electron chi connectivity index (χ3n) is 4.47. The third-order valence-corrected chi connectivity index (χ3v) is 4.47. The molecule has 128 valence electrons. The molecule has 1 unspecified atom stereocenters. The number of hydrogen-bond donors (Lipinski definition) is 2. The molecule has 5 nitrogen and oxygen atoms in total. The van der Waals surface area contributed by atoms with Gasteiger partial charge in [-0.05, 0) is 37.1 Å². The van der Waals surface area contributed by atoms with Crippen molar-refractivity contribution in [3.63, 3.8) is 0 Å². The number of allylic oxidation sites excluding steroid dienone is 1. The summed E-state index contributed by atoms with van der Waals surface area (Å²) in [6.45, 7) is 1.96. The molecular formula is C19H24N2O3. The second-order valence-corrected chi connectivity index (χ2v) is 6.23. The smallest absolute Gasteiger partial charge is 0.317 e. The summed E-state index contributed by atoms with van der Waals surface area (Å²) >= 11 is 0. The number of benzene rings is 1. The number of aliphatic carboxylic acids is 1. The average molecular weight is 328 g/mol. The first kappa shape index (κ1) is 16.6. The minimum atomic E-state index is -0.792. The van der Waals surface area contributed by atoms with Gasteiger partial charge in [-0.1, -0.05) is 24.3 Å². The van der Waals surface area contributed by atoms with Crippen LogP contribution in [0.25, 0.3) is 0 Å². The highest BCUT2D eigenvalue weighted by atomic mass is 16.5. The Kier molecular flexibility index (Phi) is 5.54. The summed E-state index contributed by atoms with van der Waals surface area (Å²) in [5.41, 5.74) is 1.25. The van der Waals surface area contributed by atoms with E-state index < -0.39 is 5.97 Å². The zero-order valence-corrected chi connectivity index (χ0v) is 13.7. The Morgan fingerprint density at radius 2 is 2.00 bits per heavy atom. The van der Waals surface area contributed by atoms with Crippen LogP contribution in [0.3, 0.4) is 0 Å². The van der Waals surface area contributed by atoms with E-state index in [9.17, 15) is 4.79 Å². The fourth-order valence-electron chi connectivity index (χ4n) is 3.16. The molecule has 2 N–H and O–H groups in total. The maximum absolute atomic E-state index is 10.6. The van der Waals surface area contributed by atoms with Crippen molar-refractivity contribution in [1.82, 2.24) is 10.2 Å². The highest BCUT2D eigenvalue weighted by Gasteiger charge is 2.21. The van der Waals surface area contributed by atoms with Gasteiger partial charge in [-0.15, -0.1) is 0 Å². The second kappa shape index (κ2) is 8.02. The van der Waals surface area contributed by atoms with Gasteiger partial charge in [-0.3, -0.25) is 4.79 Å². The number of para-hydroxylation sites is 1. The SMILES string of the molecule is O=C(O)CNC1CCN(C2=CCC(Oc3ccccc3)C=C2)CC1. The van der Waals surface area contributed by atoms with Gasteiger partial charge in [0.25, 0.3) is 0 Å². The summed E-state index contributed by atoms with van der Waals surface area (Å²) in [5, 5.41) is 11.8. The van der Waals surface area contributed by atoms with Crippen LogP contribution in [0, 0.1) is 0 Å². The zero-order chi connectivity index (χ0) is 16.8. The second-order valence-electron chi connectivity index (χ2n) is 6.23. The maximum Gasteiger partial charge on any atom is 0.317 e. The van der Waals surface area contributed by atoms with E-state index in [0.29, 0.717) is 6.04 Å². The molecule has 2 aliphatic rings. The van der Waals surface area contributed by atoms with Gasteiger partial charge in [-0.25, -0.2) is 0 Å². The number of nitrogens with one attached hydrogen (secondary N) is 1. The lowest BCUT2D eigenvalue weighted by Gasteiger charge is -2.35. The predicted octanol–water partition coefficient (Wildman–Crippen LogP) is 2.42. The van der Waals surface area contributed by atoms with Crippen molar-refractivity contribution >= 4 is 5.97 Å². The average Bonchev–Trinajstić information content (AvgIpc) is 2.62. The van der Waals surface area contributed by atoms with Crippen LogP contribution in [0.2, 0.25) is 0 Å². The molecule has 0 amide bonds. The topological polar surface area (TPSA) is 61.8 Å². The van der Waals surface area contributed by atoms with Gasteiger partial charge in [0.2, 0.25) is 0 Å². The molecule has 0 aromatic heterocycles. The van der Waals surface area contributed by atoms with Gasteiger partial charge < -0.3 is 20.1 Å². The monoisotopic (exact) mass is 328 g/mol. The minimum absolute atomic E-state index is 0.0474. The summed E-state index contributed by atoms with van der Waals surface area (Å²) in [6, 6.07) is 10.2. The number of carboxylic acid groups (broad SMARTS) is 1. The molecule has 1 aliphatic heterocycles. The van der Waals surface area contributed by atoms with Crippen LogP contribution in [0.1, 0.15) is 19.3 Å². The first-order valence-corrected chi connectivity index (χ1v) is 8.51. The molecular weight excluding hydrogens is 304 g/mol. The van der Waals surface area contributed by atoms with Gasteiger partial charge in [0.15, 0.2) is 0 Å². The molecule has 1 aromatic rings. The Morgan fingerprint density at radius 1 is 1.25 bits per heavy atom. The van der Waals surface area contributed by atoms with Gasteiger partial charge in [0.1, 0.15) is 11.9 Å². The summed E-state index contributed by atoms with van der Waals surface area (Å²) in [5.74, 6) is 0.106. The Morgan fingerprint density at radius 3 is 2.62 bits per heavy atom. The van der Waals surface area contributed by atoms with Crippen LogP contribution in [0.15, 0.2) is 54.3 Å². The molecule has 1 aromatic carbocycles. The molecule has 1 fully saturated rings. The minimum Gasteiger partial charge on any atom is -0.486 e. The van der Waals surface area contributed by atoms with Crippen LogP contribution in [0.4, 0.5) is 0 Å². The molecule has 0 spiro atoms. The van der Waals surface area contributed by atoms with E-state index in [1.54, 1.807) is 0 Å². The number of hydrogen-bond acceptors (Lipinski definition) is 4. The number of rotatable bonds is 6. The number of nitrogens with zero attached hydrogens (tertiary/aromatic N) is 1. The van der Waals surface area contributed by atoms with Crippen LogP contribution in [-0.2, 0) is 4.79 Å². The summed E-state index contributed by atoms with van der Waals surface area (Å²) < 4.78 is 5.95. The molecule has 5 heteroatoms. The van der Waals surface area contributed by atoms with Crippen molar-refractivity contribution in [2.75, 3.05) is 19.6 Å². The Balaban J connectivity index is 1.45. The van der Waals surface area contributed by atoms with Gasteiger partial charge >= 0.3 is 5.97 Å².